The number of carbonyl (C=O) groups excluding carboxylic acids is 4. The van der Waals surface area contributed by atoms with Gasteiger partial charge in [0.15, 0.2) is 11.9 Å². The van der Waals surface area contributed by atoms with Crippen molar-refractivity contribution in [1.29, 1.82) is 0 Å². The Morgan fingerprint density at radius 1 is 1.03 bits per heavy atom. The number of thiophene rings is 1. The molecule has 1 unspecified atom stereocenters. The summed E-state index contributed by atoms with van der Waals surface area (Å²) >= 11 is 1.39. The second kappa shape index (κ2) is 9.21. The highest BCUT2D eigenvalue weighted by Crippen LogP contribution is 2.38. The zero-order valence-electron chi connectivity index (χ0n) is 17.2. The summed E-state index contributed by atoms with van der Waals surface area (Å²) in [4.78, 5) is 49.9. The maximum absolute atomic E-state index is 12.9. The third kappa shape index (κ3) is 4.76. The largest absolute Gasteiger partial charge is 0.449 e. The van der Waals surface area contributed by atoms with Crippen LogP contribution in [0.1, 0.15) is 64.8 Å². The number of ketones is 1. The molecule has 1 atom stereocenters. The molecule has 7 nitrogen and oxygen atoms in total. The third-order valence-electron chi connectivity index (χ3n) is 4.88. The minimum absolute atomic E-state index is 0.180. The highest BCUT2D eigenvalue weighted by molar-refractivity contribution is 7.17. The Kier molecular flexibility index (Phi) is 6.66. The molecule has 2 N–H and O–H groups in total. The van der Waals surface area contributed by atoms with Crippen LogP contribution in [0.15, 0.2) is 24.3 Å². The van der Waals surface area contributed by atoms with E-state index in [1.54, 1.807) is 24.3 Å². The first-order chi connectivity index (χ1) is 14.3. The number of benzene rings is 1. The lowest BCUT2D eigenvalue weighted by Crippen LogP contribution is -2.31. The molecule has 0 aliphatic heterocycles. The van der Waals surface area contributed by atoms with Crippen molar-refractivity contribution in [2.75, 3.05) is 10.6 Å². The molecule has 3 rings (SSSR count). The van der Waals surface area contributed by atoms with Crippen molar-refractivity contribution in [2.24, 2.45) is 0 Å². The minimum atomic E-state index is -1.08. The van der Waals surface area contributed by atoms with Crippen LogP contribution in [-0.4, -0.2) is 29.7 Å². The monoisotopic (exact) mass is 428 g/mol. The Labute approximate surface area is 178 Å². The molecule has 1 aliphatic carbocycles. The molecule has 30 heavy (non-hydrogen) atoms. The van der Waals surface area contributed by atoms with Gasteiger partial charge in [-0.05, 0) is 57.2 Å². The van der Waals surface area contributed by atoms with Gasteiger partial charge in [0.05, 0.1) is 11.3 Å². The molecule has 1 aromatic carbocycles. The van der Waals surface area contributed by atoms with Crippen LogP contribution in [0.4, 0.5) is 10.7 Å². The van der Waals surface area contributed by atoms with E-state index in [4.69, 9.17) is 4.74 Å². The maximum atomic E-state index is 12.9. The van der Waals surface area contributed by atoms with E-state index in [0.717, 1.165) is 36.1 Å². The lowest BCUT2D eigenvalue weighted by atomic mass is 9.95. The van der Waals surface area contributed by atoms with Crippen LogP contribution in [0.2, 0.25) is 0 Å². The molecule has 1 aromatic heterocycles. The van der Waals surface area contributed by atoms with Crippen LogP contribution < -0.4 is 10.6 Å². The molecule has 8 heteroatoms. The van der Waals surface area contributed by atoms with Crippen molar-refractivity contribution >= 4 is 45.6 Å². The van der Waals surface area contributed by atoms with Crippen molar-refractivity contribution in [1.82, 2.24) is 0 Å². The van der Waals surface area contributed by atoms with Gasteiger partial charge < -0.3 is 15.4 Å². The van der Waals surface area contributed by atoms with Gasteiger partial charge in [-0.3, -0.25) is 14.4 Å². The molecule has 2 amide bonds. The topological polar surface area (TPSA) is 102 Å². The van der Waals surface area contributed by atoms with Crippen molar-refractivity contribution in [3.8, 4) is 0 Å². The Morgan fingerprint density at radius 2 is 1.73 bits per heavy atom. The fraction of sp³-hybridized carbons (Fsp3) is 0.364. The Balaban J connectivity index is 1.77. The van der Waals surface area contributed by atoms with E-state index in [9.17, 15) is 19.2 Å². The van der Waals surface area contributed by atoms with E-state index in [1.807, 2.05) is 0 Å². The number of nitrogens with one attached hydrogen (secondary N) is 2. The number of para-hydroxylation sites is 1. The van der Waals surface area contributed by atoms with Gasteiger partial charge in [-0.25, -0.2) is 4.79 Å². The summed E-state index contributed by atoms with van der Waals surface area (Å²) in [6.07, 6.45) is 2.51. The highest BCUT2D eigenvalue weighted by atomic mass is 32.1. The second-order valence-corrected chi connectivity index (χ2v) is 8.34. The molecule has 0 spiro atoms. The summed E-state index contributed by atoms with van der Waals surface area (Å²) in [6.45, 7) is 4.27. The second-order valence-electron chi connectivity index (χ2n) is 7.23. The fourth-order valence-corrected chi connectivity index (χ4v) is 4.76. The minimum Gasteiger partial charge on any atom is -0.449 e. The zero-order chi connectivity index (χ0) is 21.8. The highest BCUT2D eigenvalue weighted by Gasteiger charge is 2.29. The first-order valence-corrected chi connectivity index (χ1v) is 10.6. The van der Waals surface area contributed by atoms with E-state index in [2.05, 4.69) is 10.6 Å². The number of aryl methyl sites for hydroxylation is 1. The van der Waals surface area contributed by atoms with Crippen LogP contribution >= 0.6 is 11.3 Å². The van der Waals surface area contributed by atoms with E-state index in [0.29, 0.717) is 21.8 Å². The number of Topliss-reactive ketones (excluding diaryl/α,β-unsaturated/α-hetero) is 1. The first-order valence-electron chi connectivity index (χ1n) is 9.82. The average molecular weight is 429 g/mol. The smallest absolute Gasteiger partial charge is 0.342 e. The Morgan fingerprint density at radius 3 is 2.43 bits per heavy atom. The molecule has 0 saturated carbocycles. The van der Waals surface area contributed by atoms with E-state index >= 15 is 0 Å². The molecule has 0 radical (unpaired) electrons. The number of esters is 1. The van der Waals surface area contributed by atoms with E-state index < -0.39 is 18.0 Å². The third-order valence-corrected chi connectivity index (χ3v) is 6.09. The Bertz CT molecular complexity index is 1010. The average Bonchev–Trinajstić information content (AvgIpc) is 3.05. The summed E-state index contributed by atoms with van der Waals surface area (Å²) in [7, 11) is 0. The maximum Gasteiger partial charge on any atom is 0.342 e. The molecular formula is C22H24N2O5S. The lowest BCUT2D eigenvalue weighted by Gasteiger charge is -2.17. The molecular weight excluding hydrogens is 404 g/mol. The predicted octanol–water partition coefficient (Wildman–Crippen LogP) is 3.97. The molecule has 0 saturated heterocycles. The summed E-state index contributed by atoms with van der Waals surface area (Å²) < 4.78 is 5.44. The Hall–Kier alpha value is -3.00. The standard InChI is InChI=1S/C22H24N2O5S/c1-12(25)15-8-4-6-10-17(15)24-20(27)13(2)29-22(28)19-16-9-5-7-11-18(16)30-21(19)23-14(3)26/h4,6,8,10,13H,5,7,9,11H2,1-3H3,(H,23,26)(H,24,27). The number of hydrogen-bond acceptors (Lipinski definition) is 6. The zero-order valence-corrected chi connectivity index (χ0v) is 18.0. The van der Waals surface area contributed by atoms with Crippen molar-refractivity contribution in [3.05, 3.63) is 45.8 Å². The molecule has 1 heterocycles. The molecule has 158 valence electrons. The van der Waals surface area contributed by atoms with Gasteiger partial charge in [0.2, 0.25) is 5.91 Å². The number of anilines is 2. The molecule has 1 aliphatic rings. The fourth-order valence-electron chi connectivity index (χ4n) is 3.44. The van der Waals surface area contributed by atoms with Crippen molar-refractivity contribution < 1.29 is 23.9 Å². The predicted molar refractivity (Wildman–Crippen MR) is 115 cm³/mol. The molecule has 0 fully saturated rings. The number of ether oxygens (including phenoxy) is 1. The summed E-state index contributed by atoms with van der Waals surface area (Å²) in [6, 6.07) is 6.65. The van der Waals surface area contributed by atoms with Crippen molar-refractivity contribution in [3.63, 3.8) is 0 Å². The summed E-state index contributed by atoms with van der Waals surface area (Å²) in [5.74, 6) is -1.63. The number of amides is 2. The van der Waals surface area contributed by atoms with Crippen LogP contribution in [0.25, 0.3) is 0 Å². The lowest BCUT2D eigenvalue weighted by molar-refractivity contribution is -0.123. The SMILES string of the molecule is CC(=O)Nc1sc2c(c1C(=O)OC(C)C(=O)Nc1ccccc1C(C)=O)CCCC2. The summed E-state index contributed by atoms with van der Waals surface area (Å²) in [5, 5.41) is 5.83. The van der Waals surface area contributed by atoms with Gasteiger partial charge >= 0.3 is 5.97 Å². The van der Waals surface area contributed by atoms with Crippen LogP contribution in [-0.2, 0) is 27.2 Å². The number of rotatable bonds is 6. The quantitative estimate of drug-likeness (QED) is 0.535. The van der Waals surface area contributed by atoms with Crippen LogP contribution in [0.3, 0.4) is 0 Å². The first kappa shape index (κ1) is 21.7. The van der Waals surface area contributed by atoms with Gasteiger partial charge in [0, 0.05) is 17.4 Å². The van der Waals surface area contributed by atoms with Crippen LogP contribution in [0.5, 0.6) is 0 Å². The van der Waals surface area contributed by atoms with Gasteiger partial charge in [-0.2, -0.15) is 0 Å². The normalized spacial score (nSPS) is 13.7. The number of carbonyl (C=O) groups is 4. The molecule has 2 aromatic rings. The van der Waals surface area contributed by atoms with E-state index in [-0.39, 0.29) is 11.7 Å². The van der Waals surface area contributed by atoms with Gasteiger partial charge in [-0.15, -0.1) is 11.3 Å². The van der Waals surface area contributed by atoms with Crippen LogP contribution in [0, 0.1) is 0 Å². The number of hydrogen-bond donors (Lipinski definition) is 2. The van der Waals surface area contributed by atoms with E-state index in [1.165, 1.54) is 32.1 Å². The van der Waals surface area contributed by atoms with Crippen molar-refractivity contribution in [2.45, 2.75) is 52.6 Å². The summed E-state index contributed by atoms with van der Waals surface area (Å²) in [5.41, 5.74) is 1.98. The number of fused-ring (bicyclic) bond motifs is 1. The molecule has 0 bridgehead atoms. The van der Waals surface area contributed by atoms with Gasteiger partial charge in [-0.1, -0.05) is 12.1 Å². The van der Waals surface area contributed by atoms with Gasteiger partial charge in [0.1, 0.15) is 5.00 Å². The van der Waals surface area contributed by atoms with Gasteiger partial charge in [0.25, 0.3) is 5.91 Å².